The van der Waals surface area contributed by atoms with Gasteiger partial charge in [0.2, 0.25) is 0 Å². The third-order valence-corrected chi connectivity index (χ3v) is 1.15. The van der Waals surface area contributed by atoms with Crippen LogP contribution in [0.2, 0.25) is 0 Å². The minimum atomic E-state index is 0.0786. The standard InChI is InChI=1S/C7H18N2O2/c1-4-7(8-10-5-2)9-11-6-3/h7-9H,4-6H2,1-3H3. The summed E-state index contributed by atoms with van der Waals surface area (Å²) in [5.74, 6) is 0. The summed E-state index contributed by atoms with van der Waals surface area (Å²) in [6.07, 6.45) is 0.995. The van der Waals surface area contributed by atoms with Crippen molar-refractivity contribution in [1.29, 1.82) is 0 Å². The van der Waals surface area contributed by atoms with Gasteiger partial charge in [-0.05, 0) is 20.3 Å². The molecule has 0 spiro atoms. The third kappa shape index (κ3) is 6.25. The van der Waals surface area contributed by atoms with Crippen LogP contribution in [0.4, 0.5) is 0 Å². The molecule has 0 unspecified atom stereocenters. The largest absolute Gasteiger partial charge is 0.300 e. The highest BCUT2D eigenvalue weighted by Gasteiger charge is 2.02. The van der Waals surface area contributed by atoms with Crippen molar-refractivity contribution in [1.82, 2.24) is 11.0 Å². The maximum atomic E-state index is 4.99. The van der Waals surface area contributed by atoms with Gasteiger partial charge < -0.3 is 9.68 Å². The van der Waals surface area contributed by atoms with Crippen LogP contribution in [0.5, 0.6) is 0 Å². The van der Waals surface area contributed by atoms with Crippen molar-refractivity contribution in [2.45, 2.75) is 33.4 Å². The van der Waals surface area contributed by atoms with Gasteiger partial charge in [-0.1, -0.05) is 6.92 Å². The maximum Gasteiger partial charge on any atom is 0.104 e. The molecule has 0 bridgehead atoms. The Hall–Kier alpha value is -0.160. The summed E-state index contributed by atoms with van der Waals surface area (Å²) in [7, 11) is 0. The number of hydroxylamine groups is 2. The zero-order valence-corrected chi connectivity index (χ0v) is 7.52. The fourth-order valence-electron chi connectivity index (χ4n) is 0.559. The molecule has 0 amide bonds. The van der Waals surface area contributed by atoms with Crippen LogP contribution in [0, 0.1) is 0 Å². The minimum Gasteiger partial charge on any atom is -0.300 e. The van der Waals surface area contributed by atoms with Crippen molar-refractivity contribution in [3.63, 3.8) is 0 Å². The van der Waals surface area contributed by atoms with Crippen molar-refractivity contribution < 1.29 is 9.68 Å². The summed E-state index contributed by atoms with van der Waals surface area (Å²) >= 11 is 0. The van der Waals surface area contributed by atoms with Gasteiger partial charge in [0, 0.05) is 0 Å². The zero-order valence-electron chi connectivity index (χ0n) is 7.52. The number of rotatable bonds is 7. The van der Waals surface area contributed by atoms with E-state index in [0.717, 1.165) is 6.42 Å². The van der Waals surface area contributed by atoms with Crippen LogP contribution in [-0.2, 0) is 9.68 Å². The first-order chi connectivity index (χ1) is 5.35. The molecule has 68 valence electrons. The van der Waals surface area contributed by atoms with Crippen LogP contribution in [-0.4, -0.2) is 19.4 Å². The molecule has 2 N–H and O–H groups in total. The van der Waals surface area contributed by atoms with Crippen LogP contribution in [0.15, 0.2) is 0 Å². The second kappa shape index (κ2) is 7.94. The molecule has 11 heavy (non-hydrogen) atoms. The van der Waals surface area contributed by atoms with Gasteiger partial charge >= 0.3 is 0 Å². The summed E-state index contributed by atoms with van der Waals surface area (Å²) in [5.41, 5.74) is 5.64. The molecule has 0 saturated heterocycles. The van der Waals surface area contributed by atoms with E-state index in [0.29, 0.717) is 13.2 Å². The molecular formula is C7H18N2O2. The van der Waals surface area contributed by atoms with Crippen molar-refractivity contribution in [2.24, 2.45) is 0 Å². The maximum absolute atomic E-state index is 4.99. The van der Waals surface area contributed by atoms with E-state index in [1.165, 1.54) is 0 Å². The van der Waals surface area contributed by atoms with Crippen LogP contribution in [0.1, 0.15) is 27.2 Å². The Bertz CT molecular complexity index is 72.8. The minimum absolute atomic E-state index is 0.0786. The first-order valence-corrected chi connectivity index (χ1v) is 4.09. The quantitative estimate of drug-likeness (QED) is 0.429. The predicted molar refractivity (Wildman–Crippen MR) is 43.6 cm³/mol. The smallest absolute Gasteiger partial charge is 0.104 e. The van der Waals surface area contributed by atoms with Gasteiger partial charge in [-0.25, -0.2) is 0 Å². The average Bonchev–Trinajstić information content (AvgIpc) is 2.05. The summed E-state index contributed by atoms with van der Waals surface area (Å²) < 4.78 is 0. The molecule has 4 heteroatoms. The second-order valence-corrected chi connectivity index (χ2v) is 2.06. The molecule has 0 saturated carbocycles. The summed E-state index contributed by atoms with van der Waals surface area (Å²) in [5, 5.41) is 0. The molecule has 0 aromatic rings. The lowest BCUT2D eigenvalue weighted by atomic mass is 10.4. The van der Waals surface area contributed by atoms with E-state index < -0.39 is 0 Å². The van der Waals surface area contributed by atoms with E-state index in [1.807, 2.05) is 20.8 Å². The average molecular weight is 162 g/mol. The number of hydrogen-bond acceptors (Lipinski definition) is 4. The molecule has 0 aliphatic carbocycles. The monoisotopic (exact) mass is 162 g/mol. The van der Waals surface area contributed by atoms with Gasteiger partial charge in [0.15, 0.2) is 0 Å². The van der Waals surface area contributed by atoms with Crippen LogP contribution in [0.25, 0.3) is 0 Å². The van der Waals surface area contributed by atoms with E-state index >= 15 is 0 Å². The number of hydrogen-bond donors (Lipinski definition) is 2. The Labute approximate surface area is 68.2 Å². The first kappa shape index (κ1) is 10.8. The predicted octanol–water partition coefficient (Wildman–Crippen LogP) is 0.805. The van der Waals surface area contributed by atoms with E-state index in [4.69, 9.17) is 9.68 Å². The molecule has 0 aromatic heterocycles. The molecule has 0 aromatic carbocycles. The Morgan fingerprint density at radius 2 is 1.45 bits per heavy atom. The van der Waals surface area contributed by atoms with Crippen molar-refractivity contribution in [2.75, 3.05) is 13.2 Å². The second-order valence-electron chi connectivity index (χ2n) is 2.06. The molecule has 0 aliphatic heterocycles. The SMILES string of the molecule is CCONC(CC)NOCC. The Morgan fingerprint density at radius 3 is 1.73 bits per heavy atom. The third-order valence-electron chi connectivity index (χ3n) is 1.15. The highest BCUT2D eigenvalue weighted by Crippen LogP contribution is 1.85. The highest BCUT2D eigenvalue weighted by atomic mass is 16.7. The Morgan fingerprint density at radius 1 is 1.00 bits per heavy atom. The molecular weight excluding hydrogens is 144 g/mol. The molecule has 0 atom stereocenters. The molecule has 0 fully saturated rings. The Kier molecular flexibility index (Phi) is 7.83. The van der Waals surface area contributed by atoms with E-state index in [-0.39, 0.29) is 6.17 Å². The van der Waals surface area contributed by atoms with Gasteiger partial charge in [-0.3, -0.25) is 0 Å². The lowest BCUT2D eigenvalue weighted by molar-refractivity contribution is -0.0566. The van der Waals surface area contributed by atoms with E-state index in [9.17, 15) is 0 Å². The van der Waals surface area contributed by atoms with Crippen molar-refractivity contribution in [3.8, 4) is 0 Å². The lowest BCUT2D eigenvalue weighted by Gasteiger charge is -2.16. The van der Waals surface area contributed by atoms with Gasteiger partial charge in [0.05, 0.1) is 13.2 Å². The van der Waals surface area contributed by atoms with E-state index in [1.54, 1.807) is 0 Å². The zero-order chi connectivity index (χ0) is 8.53. The Balaban J connectivity index is 3.25. The van der Waals surface area contributed by atoms with Gasteiger partial charge in [-0.15, -0.1) is 0 Å². The highest BCUT2D eigenvalue weighted by molar-refractivity contribution is 4.47. The van der Waals surface area contributed by atoms with Crippen LogP contribution >= 0.6 is 0 Å². The van der Waals surface area contributed by atoms with Gasteiger partial charge in [0.25, 0.3) is 0 Å². The van der Waals surface area contributed by atoms with Gasteiger partial charge in [0.1, 0.15) is 6.17 Å². The van der Waals surface area contributed by atoms with Crippen LogP contribution in [0.3, 0.4) is 0 Å². The summed E-state index contributed by atoms with van der Waals surface area (Å²) in [4.78, 5) is 9.98. The van der Waals surface area contributed by atoms with Crippen molar-refractivity contribution >= 4 is 0 Å². The topological polar surface area (TPSA) is 42.5 Å². The molecule has 0 heterocycles. The molecule has 0 rings (SSSR count). The van der Waals surface area contributed by atoms with Gasteiger partial charge in [-0.2, -0.15) is 11.0 Å². The fraction of sp³-hybridized carbons (Fsp3) is 1.00. The number of nitrogens with one attached hydrogen (secondary N) is 2. The molecule has 4 nitrogen and oxygen atoms in total. The fourth-order valence-corrected chi connectivity index (χ4v) is 0.559. The lowest BCUT2D eigenvalue weighted by Crippen LogP contribution is -2.41. The molecule has 0 radical (unpaired) electrons. The van der Waals surface area contributed by atoms with Crippen LogP contribution < -0.4 is 11.0 Å². The first-order valence-electron chi connectivity index (χ1n) is 4.09. The normalized spacial score (nSPS) is 10.9. The summed E-state index contributed by atoms with van der Waals surface area (Å²) in [6, 6.07) is 0. The van der Waals surface area contributed by atoms with Crippen molar-refractivity contribution in [3.05, 3.63) is 0 Å². The molecule has 0 aliphatic rings. The van der Waals surface area contributed by atoms with E-state index in [2.05, 4.69) is 11.0 Å². The summed E-state index contributed by atoms with van der Waals surface area (Å²) in [6.45, 7) is 7.22.